The van der Waals surface area contributed by atoms with Crippen LogP contribution in [0.5, 0.6) is 0 Å². The third kappa shape index (κ3) is 7.05. The Kier molecular flexibility index (Phi) is 11.5. The third-order valence-electron chi connectivity index (χ3n) is 13.1. The molecule has 6 aromatic carbocycles. The van der Waals surface area contributed by atoms with Gasteiger partial charge in [0.15, 0.2) is 0 Å². The average molecular weight is 896 g/mol. The van der Waals surface area contributed by atoms with E-state index in [9.17, 15) is 0 Å². The van der Waals surface area contributed by atoms with Gasteiger partial charge in [-0.1, -0.05) is 0 Å². The molecule has 6 aromatic rings. The monoisotopic (exact) mass is 893 g/mol. The number of fused-ring (bicyclic) bond motifs is 2. The molecule has 0 radical (unpaired) electrons. The average Bonchev–Trinajstić information content (AvgIpc) is 3.76. The van der Waals surface area contributed by atoms with Gasteiger partial charge in [-0.15, -0.1) is 0 Å². The maximum atomic E-state index is 9.04. The summed E-state index contributed by atoms with van der Waals surface area (Å²) in [6.07, 6.45) is 7.07. The predicted octanol–water partition coefficient (Wildman–Crippen LogP) is 16.6. The number of hydrogen-bond acceptors (Lipinski definition) is 0. The second-order valence-electron chi connectivity index (χ2n) is 18.2. The molecule has 8 rings (SSSR count). The Hall–Kier alpha value is -3.52. The van der Waals surface area contributed by atoms with E-state index >= 15 is 0 Å². The molecule has 2 aliphatic rings. The van der Waals surface area contributed by atoms with Crippen molar-refractivity contribution in [2.45, 2.75) is 74.7 Å². The minimum atomic E-state index is -5.09. The van der Waals surface area contributed by atoms with E-state index < -0.39 is 21.5 Å². The van der Waals surface area contributed by atoms with Crippen molar-refractivity contribution in [1.82, 2.24) is 0 Å². The summed E-state index contributed by atoms with van der Waals surface area (Å²) in [7, 11) is 18.1. The molecule has 58 heavy (non-hydrogen) atoms. The molecule has 0 N–H and O–H groups in total. The molecule has 0 nitrogen and oxygen atoms in total. The van der Waals surface area contributed by atoms with Gasteiger partial charge in [-0.25, -0.2) is 0 Å². The fourth-order valence-corrected chi connectivity index (χ4v) is 41.9. The standard InChI is InChI=1S/2C26H25.C2H7Si.2ClH.Zr/c2*1-18(2)15-20-16-22-14-13-19(3)26(25(22)17-20)24-12-8-7-11-23(24)21-9-5-4-6-10-21;1-3-2;;;/h2*4-14,16-18H,15H2,1-3H3;3H,1-2H3;2*1H;/q;;;;;+2/p-2. The van der Waals surface area contributed by atoms with Gasteiger partial charge < -0.3 is 0 Å². The molecule has 2 unspecified atom stereocenters. The van der Waals surface area contributed by atoms with Crippen molar-refractivity contribution in [3.05, 3.63) is 178 Å². The van der Waals surface area contributed by atoms with Crippen molar-refractivity contribution in [2.24, 2.45) is 11.8 Å². The number of allylic oxidation sites excluding steroid dienone is 2. The number of aryl methyl sites for hydroxylation is 2. The van der Waals surface area contributed by atoms with E-state index in [-0.39, 0.29) is 7.25 Å². The molecule has 2 aliphatic carbocycles. The summed E-state index contributed by atoms with van der Waals surface area (Å²) >= 11 is -5.09. The number of hydrogen-bond donors (Lipinski definition) is 0. The van der Waals surface area contributed by atoms with E-state index in [1.807, 2.05) is 0 Å². The molecule has 295 valence electrons. The van der Waals surface area contributed by atoms with Crippen LogP contribution in [0, 0.1) is 25.7 Å². The van der Waals surface area contributed by atoms with Gasteiger partial charge in [0, 0.05) is 0 Å². The summed E-state index contributed by atoms with van der Waals surface area (Å²) in [5.41, 5.74) is 21.0. The van der Waals surface area contributed by atoms with E-state index in [1.165, 1.54) is 89.0 Å². The second-order valence-corrected chi connectivity index (χ2v) is 60.7. The topological polar surface area (TPSA) is 0 Å². The van der Waals surface area contributed by atoms with Crippen LogP contribution in [0.4, 0.5) is 0 Å². The first-order valence-corrected chi connectivity index (χ1v) is 37.7. The van der Waals surface area contributed by atoms with Crippen molar-refractivity contribution >= 4 is 35.1 Å². The molecule has 0 amide bonds. The Morgan fingerprint density at radius 2 is 0.828 bits per heavy atom. The summed E-state index contributed by atoms with van der Waals surface area (Å²) in [4.78, 5) is 0. The first-order valence-electron chi connectivity index (χ1n) is 21.3. The fourth-order valence-electron chi connectivity index (χ4n) is 10.5. The van der Waals surface area contributed by atoms with Crippen LogP contribution >= 0.6 is 17.0 Å². The van der Waals surface area contributed by atoms with Gasteiger partial charge in [0.25, 0.3) is 0 Å². The van der Waals surface area contributed by atoms with Gasteiger partial charge in [0.05, 0.1) is 0 Å². The molecule has 0 saturated heterocycles. The predicted molar refractivity (Wildman–Crippen MR) is 255 cm³/mol. The van der Waals surface area contributed by atoms with Gasteiger partial charge in [-0.3, -0.25) is 0 Å². The zero-order valence-electron chi connectivity index (χ0n) is 35.4. The summed E-state index contributed by atoms with van der Waals surface area (Å²) in [6, 6.07) is 49.1. The van der Waals surface area contributed by atoms with E-state index in [2.05, 4.69) is 200 Å². The first-order chi connectivity index (χ1) is 27.8. The van der Waals surface area contributed by atoms with Gasteiger partial charge in [-0.2, -0.15) is 0 Å². The van der Waals surface area contributed by atoms with Crippen LogP contribution in [-0.2, 0) is 15.6 Å². The minimum absolute atomic E-state index is 0.0324. The van der Waals surface area contributed by atoms with Crippen LogP contribution in [0.15, 0.2) is 145 Å². The van der Waals surface area contributed by atoms with Crippen molar-refractivity contribution in [3.8, 4) is 44.5 Å². The first kappa shape index (κ1) is 41.2. The van der Waals surface area contributed by atoms with Gasteiger partial charge in [0.1, 0.15) is 0 Å². The van der Waals surface area contributed by atoms with Gasteiger partial charge >= 0.3 is 360 Å². The van der Waals surface area contributed by atoms with Crippen LogP contribution in [0.1, 0.15) is 81.2 Å². The Morgan fingerprint density at radius 3 is 1.17 bits per heavy atom. The van der Waals surface area contributed by atoms with Crippen LogP contribution in [0.3, 0.4) is 0 Å². The molecule has 0 spiro atoms. The van der Waals surface area contributed by atoms with Crippen molar-refractivity contribution < 1.29 is 15.6 Å². The Bertz CT molecular complexity index is 2390. The number of benzene rings is 6. The Balaban J connectivity index is 1.38. The molecule has 0 bridgehead atoms. The van der Waals surface area contributed by atoms with Crippen molar-refractivity contribution in [1.29, 1.82) is 0 Å². The number of halogens is 2. The van der Waals surface area contributed by atoms with Crippen molar-refractivity contribution in [3.63, 3.8) is 0 Å². The molecule has 0 aromatic heterocycles. The van der Waals surface area contributed by atoms with Crippen LogP contribution < -0.4 is 0 Å². The zero-order valence-corrected chi connectivity index (χ0v) is 40.5. The molecule has 0 saturated carbocycles. The molecule has 0 heterocycles. The maximum absolute atomic E-state index is 9.04. The van der Waals surface area contributed by atoms with Crippen LogP contribution in [0.25, 0.3) is 56.7 Å². The van der Waals surface area contributed by atoms with E-state index in [0.717, 1.165) is 12.8 Å². The molecular weight excluding hydrogens is 839 g/mol. The second kappa shape index (κ2) is 16.2. The Morgan fingerprint density at radius 1 is 0.483 bits per heavy atom. The summed E-state index contributed by atoms with van der Waals surface area (Å²) < 4.78 is 0.0647. The molecule has 0 fully saturated rings. The van der Waals surface area contributed by atoms with Gasteiger partial charge in [-0.05, 0) is 0 Å². The Labute approximate surface area is 356 Å². The molecule has 4 heteroatoms. The third-order valence-corrected chi connectivity index (χ3v) is 64.9. The fraction of sp³-hybridized carbons (Fsp3) is 0.259. The van der Waals surface area contributed by atoms with Crippen LogP contribution in [0.2, 0.25) is 13.1 Å². The zero-order chi connectivity index (χ0) is 41.0. The van der Waals surface area contributed by atoms with E-state index in [1.54, 1.807) is 0 Å². The molecular formula is C54H57Cl2SiZr. The normalized spacial score (nSPS) is 16.9. The van der Waals surface area contributed by atoms with Crippen LogP contribution in [-0.4, -0.2) is 5.92 Å². The van der Waals surface area contributed by atoms with Crippen molar-refractivity contribution in [2.75, 3.05) is 0 Å². The van der Waals surface area contributed by atoms with E-state index in [0.29, 0.717) is 11.8 Å². The summed E-state index contributed by atoms with van der Waals surface area (Å²) in [5.74, 6) is -0.833. The summed E-state index contributed by atoms with van der Waals surface area (Å²) in [5, 5.41) is 0. The summed E-state index contributed by atoms with van der Waals surface area (Å²) in [6.45, 7) is 18.9. The number of rotatable bonds is 11. The molecule has 2 atom stereocenters. The molecule has 0 aliphatic heterocycles. The van der Waals surface area contributed by atoms with Gasteiger partial charge in [0.2, 0.25) is 0 Å². The quantitative estimate of drug-likeness (QED) is 0.114. The SMILES string of the molecule is Cc1ccc2c(c1-c1ccccc1-c1ccccc1)C=C(CC(C)C)[CH]2[Zr]([Cl])([Cl])([CH]1C(CC(C)C)=Cc2c1ccc(C)c2-c1ccccc1-c1ccccc1)[SiH](C)C. The van der Waals surface area contributed by atoms with E-state index in [4.69, 9.17) is 17.0 Å².